The molecule has 0 amide bonds. The Labute approximate surface area is 305 Å². The summed E-state index contributed by atoms with van der Waals surface area (Å²) in [5.41, 5.74) is 14.0. The van der Waals surface area contributed by atoms with E-state index in [2.05, 4.69) is 186 Å². The van der Waals surface area contributed by atoms with Gasteiger partial charge in [0.25, 0.3) is 0 Å². The Balaban J connectivity index is 0.000000191. The van der Waals surface area contributed by atoms with Crippen molar-refractivity contribution in [2.24, 2.45) is 0 Å². The number of fused-ring (bicyclic) bond motifs is 7. The largest absolute Gasteiger partial charge is 3.00 e. The third kappa shape index (κ3) is 5.22. The minimum Gasteiger partial charge on any atom is -0.493 e. The van der Waals surface area contributed by atoms with Crippen molar-refractivity contribution >= 4 is 60.8 Å². The molecule has 3 aromatic heterocycles. The van der Waals surface area contributed by atoms with E-state index in [0.717, 1.165) is 28.3 Å². The van der Waals surface area contributed by atoms with E-state index in [1.807, 2.05) is 12.3 Å². The molecule has 5 heteroatoms. The summed E-state index contributed by atoms with van der Waals surface area (Å²) in [4.78, 5) is 8.90. The van der Waals surface area contributed by atoms with E-state index in [1.165, 1.54) is 60.5 Å². The molecule has 0 bridgehead atoms. The van der Waals surface area contributed by atoms with E-state index >= 15 is 0 Å². The summed E-state index contributed by atoms with van der Waals surface area (Å²) >= 11 is 0. The number of hydrogen-bond acceptors (Lipinski definition) is 3. The molecule has 0 spiro atoms. The monoisotopic (exact) mass is 822 g/mol. The van der Waals surface area contributed by atoms with Gasteiger partial charge in [0.05, 0.1) is 0 Å². The molecule has 1 aliphatic rings. The Morgan fingerprint density at radius 2 is 1.28 bits per heavy atom. The van der Waals surface area contributed by atoms with Crippen LogP contribution >= 0.6 is 0 Å². The number of benzene rings is 6. The molecule has 0 N–H and O–H groups in total. The number of para-hydroxylation sites is 5. The molecule has 0 saturated carbocycles. The molecule has 4 heterocycles. The summed E-state index contributed by atoms with van der Waals surface area (Å²) in [7, 11) is 0. The van der Waals surface area contributed by atoms with Crippen molar-refractivity contribution in [3.05, 3.63) is 175 Å². The molecule has 0 fully saturated rings. The van der Waals surface area contributed by atoms with Gasteiger partial charge in [-0.25, -0.2) is 0 Å². The zero-order valence-corrected chi connectivity index (χ0v) is 30.4. The second-order valence-electron chi connectivity index (χ2n) is 12.8. The first-order valence-electron chi connectivity index (χ1n) is 16.6. The van der Waals surface area contributed by atoms with Crippen LogP contribution in [0.3, 0.4) is 0 Å². The molecule has 50 heavy (non-hydrogen) atoms. The molecule has 6 aromatic carbocycles. The molecule has 0 atom stereocenters. The summed E-state index contributed by atoms with van der Waals surface area (Å²) in [6.45, 7) is 8.41. The molecule has 0 unspecified atom stereocenters. The summed E-state index contributed by atoms with van der Waals surface area (Å²) in [5.74, 6) is 0. The standard InChI is InChI=1S/C31H19N3.C14H14N.Ir/c1-2-9-21(10-3-1)32-20-33(30-16-7-6-15-29(30)32)22-17-18-28-26(19-22)25-13-8-12-24-23-11-4-5-14-27(23)34(28)31(24)25;1-10-4-6-13(7-5-10)14-8-11(2)12(3)9-15-14;/h1-16,18-20H;4-6,8-9H,1-3H3;/q-2;-1;+3. The van der Waals surface area contributed by atoms with Crippen LogP contribution in [0.2, 0.25) is 0 Å². The zero-order valence-electron chi connectivity index (χ0n) is 28.0. The van der Waals surface area contributed by atoms with Gasteiger partial charge in [-0.05, 0) is 60.8 Å². The molecule has 242 valence electrons. The van der Waals surface area contributed by atoms with Gasteiger partial charge in [0.2, 0.25) is 0 Å². The van der Waals surface area contributed by atoms with E-state index in [0.29, 0.717) is 0 Å². The van der Waals surface area contributed by atoms with Gasteiger partial charge in [-0.1, -0.05) is 90.8 Å². The number of aromatic nitrogens is 2. The number of rotatable bonds is 3. The van der Waals surface area contributed by atoms with Gasteiger partial charge in [0.1, 0.15) is 0 Å². The first-order valence-corrected chi connectivity index (χ1v) is 16.6. The average Bonchev–Trinajstić information content (AvgIpc) is 3.81. The fourth-order valence-electron chi connectivity index (χ4n) is 7.03. The fourth-order valence-corrected chi connectivity index (χ4v) is 7.03. The number of anilines is 4. The van der Waals surface area contributed by atoms with Gasteiger partial charge >= 0.3 is 20.1 Å². The summed E-state index contributed by atoms with van der Waals surface area (Å²) in [5, 5.41) is 5.14. The summed E-state index contributed by atoms with van der Waals surface area (Å²) < 4.78 is 2.40. The number of aryl methyl sites for hydroxylation is 3. The molecule has 0 aliphatic carbocycles. The Bertz CT molecular complexity index is 2620. The van der Waals surface area contributed by atoms with Crippen molar-refractivity contribution < 1.29 is 20.1 Å². The van der Waals surface area contributed by atoms with E-state index in [-0.39, 0.29) is 20.1 Å². The van der Waals surface area contributed by atoms with E-state index < -0.39 is 0 Å². The van der Waals surface area contributed by atoms with Crippen molar-refractivity contribution in [2.75, 3.05) is 9.80 Å². The van der Waals surface area contributed by atoms with Gasteiger partial charge < -0.3 is 19.2 Å². The van der Waals surface area contributed by atoms with Crippen LogP contribution in [-0.4, -0.2) is 9.38 Å². The second kappa shape index (κ2) is 12.8. The molecule has 0 radical (unpaired) electrons. The molecular formula is C45H33IrN4. The number of nitrogens with zero attached hydrogens (tertiary/aromatic N) is 4. The first-order chi connectivity index (χ1) is 24.0. The van der Waals surface area contributed by atoms with E-state index in [1.54, 1.807) is 0 Å². The predicted octanol–water partition coefficient (Wildman–Crippen LogP) is 11.5. The fraction of sp³-hybridized carbons (Fsp3) is 0.0667. The van der Waals surface area contributed by atoms with Crippen LogP contribution in [0.25, 0.3) is 49.4 Å². The van der Waals surface area contributed by atoms with Crippen molar-refractivity contribution in [1.82, 2.24) is 9.38 Å². The zero-order chi connectivity index (χ0) is 33.1. The number of pyridine rings is 1. The maximum atomic E-state index is 4.41. The summed E-state index contributed by atoms with van der Waals surface area (Å²) in [6, 6.07) is 53.9. The normalized spacial score (nSPS) is 12.4. The van der Waals surface area contributed by atoms with E-state index in [9.17, 15) is 0 Å². The van der Waals surface area contributed by atoms with E-state index in [4.69, 9.17) is 0 Å². The average molecular weight is 822 g/mol. The van der Waals surface area contributed by atoms with Crippen molar-refractivity contribution in [3.8, 4) is 11.3 Å². The van der Waals surface area contributed by atoms with Crippen LogP contribution in [0.1, 0.15) is 16.7 Å². The van der Waals surface area contributed by atoms with Gasteiger partial charge in [-0.3, -0.25) is 0 Å². The molecule has 4 nitrogen and oxygen atoms in total. The van der Waals surface area contributed by atoms with Crippen molar-refractivity contribution in [2.45, 2.75) is 20.8 Å². The van der Waals surface area contributed by atoms with Crippen LogP contribution in [0, 0.1) is 39.6 Å². The SMILES string of the molecule is Cc1c[c-]c(-c2cc(C)c(C)cn2)cc1.[Ir+3].[c-]1cc2c(cc1N1[CH-]N(c3ccccc3)c3ccccc31)c1cccc3c4ccccc4n2c13. The smallest absolute Gasteiger partial charge is 0.493 e. The first kappa shape index (κ1) is 31.8. The Morgan fingerprint density at radius 1 is 0.580 bits per heavy atom. The number of hydrogen-bond donors (Lipinski definition) is 0. The van der Waals surface area contributed by atoms with Crippen molar-refractivity contribution in [1.29, 1.82) is 0 Å². The third-order valence-electron chi connectivity index (χ3n) is 9.68. The van der Waals surface area contributed by atoms with Gasteiger partial charge in [0, 0.05) is 45.1 Å². The summed E-state index contributed by atoms with van der Waals surface area (Å²) in [6.07, 6.45) is 1.92. The third-order valence-corrected chi connectivity index (χ3v) is 9.68. The van der Waals surface area contributed by atoms with Gasteiger partial charge in [-0.15, -0.1) is 59.2 Å². The maximum absolute atomic E-state index is 4.41. The molecule has 10 rings (SSSR count). The Kier molecular flexibility index (Phi) is 8.11. The van der Waals surface area contributed by atoms with Crippen molar-refractivity contribution in [3.63, 3.8) is 0 Å². The molecule has 9 aromatic rings. The quantitative estimate of drug-likeness (QED) is 0.166. The Morgan fingerprint density at radius 3 is 2.04 bits per heavy atom. The molecule has 1 aliphatic heterocycles. The minimum atomic E-state index is 0. The van der Waals surface area contributed by atoms with Crippen LogP contribution in [0.4, 0.5) is 22.7 Å². The maximum Gasteiger partial charge on any atom is 3.00 e. The minimum absolute atomic E-state index is 0. The van der Waals surface area contributed by atoms with Crippen LogP contribution in [0.15, 0.2) is 140 Å². The Hall–Kier alpha value is -5.48. The molecule has 0 saturated heterocycles. The van der Waals surface area contributed by atoms with Gasteiger partial charge in [0.15, 0.2) is 0 Å². The topological polar surface area (TPSA) is 23.8 Å². The van der Waals surface area contributed by atoms with Crippen LogP contribution in [0.5, 0.6) is 0 Å². The van der Waals surface area contributed by atoms with Crippen LogP contribution in [-0.2, 0) is 20.1 Å². The van der Waals surface area contributed by atoms with Gasteiger partial charge in [-0.2, -0.15) is 12.1 Å². The predicted molar refractivity (Wildman–Crippen MR) is 204 cm³/mol. The molecular weight excluding hydrogens is 789 g/mol. The van der Waals surface area contributed by atoms with Crippen LogP contribution < -0.4 is 9.80 Å². The second-order valence-corrected chi connectivity index (χ2v) is 12.8.